The fraction of sp³-hybridized carbons (Fsp3) is 0.250. The van der Waals surface area contributed by atoms with Crippen molar-refractivity contribution < 1.29 is 40.5 Å². The molecule has 0 bridgehead atoms. The van der Waals surface area contributed by atoms with Crippen molar-refractivity contribution in [3.63, 3.8) is 0 Å². The van der Waals surface area contributed by atoms with Crippen LogP contribution >= 0.6 is 0 Å². The van der Waals surface area contributed by atoms with Gasteiger partial charge < -0.3 is 18.9 Å². The van der Waals surface area contributed by atoms with E-state index in [1.54, 1.807) is 0 Å². The van der Waals surface area contributed by atoms with Crippen LogP contribution in [0.1, 0.15) is 0 Å². The largest absolute Gasteiger partial charge is 0.573 e. The zero-order chi connectivity index (χ0) is 20.2. The van der Waals surface area contributed by atoms with Gasteiger partial charge in [0.15, 0.2) is 11.5 Å². The lowest BCUT2D eigenvalue weighted by Gasteiger charge is -2.15. The van der Waals surface area contributed by atoms with Crippen molar-refractivity contribution in [3.05, 3.63) is 36.4 Å². The molecule has 0 fully saturated rings. The summed E-state index contributed by atoms with van der Waals surface area (Å²) in [6, 6.07) is 6.53. The molecule has 0 saturated heterocycles. The van der Waals surface area contributed by atoms with Crippen molar-refractivity contribution in [1.82, 2.24) is 0 Å². The van der Waals surface area contributed by atoms with Crippen LogP contribution in [0.3, 0.4) is 0 Å². The van der Waals surface area contributed by atoms with E-state index in [0.29, 0.717) is 0 Å². The lowest BCUT2D eigenvalue weighted by atomic mass is 10.2. The first-order chi connectivity index (χ1) is 12.6. The smallest absolute Gasteiger partial charge is 0.493 e. The Bertz CT molecular complexity index is 872. The molecule has 11 heteroatoms. The molecule has 0 aliphatic rings. The van der Waals surface area contributed by atoms with Crippen LogP contribution in [0, 0.1) is 0 Å². The van der Waals surface area contributed by atoms with E-state index in [0.717, 1.165) is 24.3 Å². The monoisotopic (exact) mass is 407 g/mol. The van der Waals surface area contributed by atoms with Crippen molar-refractivity contribution in [2.24, 2.45) is 0 Å². The Morgan fingerprint density at radius 3 is 1.81 bits per heavy atom. The van der Waals surface area contributed by atoms with Crippen LogP contribution in [-0.4, -0.2) is 36.1 Å². The second kappa shape index (κ2) is 7.82. The van der Waals surface area contributed by atoms with E-state index in [-0.39, 0.29) is 27.8 Å². The molecule has 2 rings (SSSR count). The van der Waals surface area contributed by atoms with E-state index in [9.17, 15) is 21.6 Å². The average Bonchev–Trinajstić information content (AvgIpc) is 2.59. The summed E-state index contributed by atoms with van der Waals surface area (Å²) in [6.07, 6.45) is -4.87. The highest BCUT2D eigenvalue weighted by molar-refractivity contribution is 7.92. The summed E-state index contributed by atoms with van der Waals surface area (Å²) in [5.74, 6) is 0.192. The molecule has 0 aliphatic carbocycles. The van der Waals surface area contributed by atoms with Crippen molar-refractivity contribution in [2.45, 2.75) is 11.3 Å². The van der Waals surface area contributed by atoms with Gasteiger partial charge in [-0.25, -0.2) is 8.42 Å². The molecule has 0 unspecified atom stereocenters. The predicted octanol–water partition coefficient (Wildman–Crippen LogP) is 3.41. The van der Waals surface area contributed by atoms with Crippen molar-refractivity contribution >= 4 is 15.7 Å². The van der Waals surface area contributed by atoms with Crippen molar-refractivity contribution in [3.8, 4) is 23.0 Å². The highest BCUT2D eigenvalue weighted by Crippen LogP contribution is 2.40. The molecule has 0 saturated carbocycles. The van der Waals surface area contributed by atoms with Gasteiger partial charge in [0.1, 0.15) is 5.75 Å². The maximum absolute atomic E-state index is 12.5. The highest BCUT2D eigenvalue weighted by atomic mass is 32.2. The standard InChI is InChI=1S/C16H16F3NO6S/c1-23-13-8-10(9-14(24-2)15(13)25-3)20-27(21,22)12-6-4-11(5-7-12)26-16(17,18)19/h4-9,20H,1-3H3. The minimum Gasteiger partial charge on any atom is -0.493 e. The van der Waals surface area contributed by atoms with Gasteiger partial charge in [-0.2, -0.15) is 0 Å². The summed E-state index contributed by atoms with van der Waals surface area (Å²) in [7, 11) is 0.0555. The molecule has 1 N–H and O–H groups in total. The third kappa shape index (κ3) is 5.09. The molecular formula is C16H16F3NO6S. The summed E-state index contributed by atoms with van der Waals surface area (Å²) in [6.45, 7) is 0. The normalized spacial score (nSPS) is 11.6. The lowest BCUT2D eigenvalue weighted by molar-refractivity contribution is -0.274. The van der Waals surface area contributed by atoms with Gasteiger partial charge >= 0.3 is 6.36 Å². The molecule has 0 heterocycles. The number of methoxy groups -OCH3 is 3. The number of hydrogen-bond acceptors (Lipinski definition) is 6. The number of rotatable bonds is 7. The summed E-state index contributed by atoms with van der Waals surface area (Å²) in [5, 5.41) is 0. The van der Waals surface area contributed by atoms with Crippen LogP contribution in [0.4, 0.5) is 18.9 Å². The van der Waals surface area contributed by atoms with Gasteiger partial charge in [-0.1, -0.05) is 0 Å². The number of benzene rings is 2. The number of nitrogens with one attached hydrogen (secondary N) is 1. The first-order valence-electron chi connectivity index (χ1n) is 7.28. The third-order valence-corrected chi connectivity index (χ3v) is 4.68. The molecule has 0 aliphatic heterocycles. The highest BCUT2D eigenvalue weighted by Gasteiger charge is 2.31. The van der Waals surface area contributed by atoms with E-state index in [2.05, 4.69) is 9.46 Å². The van der Waals surface area contributed by atoms with E-state index in [4.69, 9.17) is 14.2 Å². The zero-order valence-corrected chi connectivity index (χ0v) is 15.3. The summed E-state index contributed by atoms with van der Waals surface area (Å²) in [5.41, 5.74) is 0.111. The molecule has 0 atom stereocenters. The molecular weight excluding hydrogens is 391 g/mol. The number of halogens is 3. The van der Waals surface area contributed by atoms with Crippen LogP contribution in [0.15, 0.2) is 41.3 Å². The van der Waals surface area contributed by atoms with Crippen LogP contribution in [0.2, 0.25) is 0 Å². The van der Waals surface area contributed by atoms with E-state index in [1.165, 1.54) is 33.5 Å². The third-order valence-electron chi connectivity index (χ3n) is 3.28. The van der Waals surface area contributed by atoms with Gasteiger partial charge in [0.05, 0.1) is 31.9 Å². The Labute approximate surface area is 153 Å². The number of alkyl halides is 3. The predicted molar refractivity (Wildman–Crippen MR) is 90.0 cm³/mol. The first-order valence-corrected chi connectivity index (χ1v) is 8.76. The zero-order valence-electron chi connectivity index (χ0n) is 14.5. The number of anilines is 1. The minimum absolute atomic E-state index is 0.111. The molecule has 148 valence electrons. The Balaban J connectivity index is 2.31. The van der Waals surface area contributed by atoms with Gasteiger partial charge in [0.25, 0.3) is 10.0 Å². The Morgan fingerprint density at radius 2 is 1.41 bits per heavy atom. The Morgan fingerprint density at radius 1 is 0.889 bits per heavy atom. The quantitative estimate of drug-likeness (QED) is 0.758. The van der Waals surface area contributed by atoms with E-state index >= 15 is 0 Å². The van der Waals surface area contributed by atoms with Crippen molar-refractivity contribution in [1.29, 1.82) is 0 Å². The average molecular weight is 407 g/mol. The van der Waals surface area contributed by atoms with Gasteiger partial charge in [-0.05, 0) is 24.3 Å². The number of sulfonamides is 1. The molecule has 0 radical (unpaired) electrons. The summed E-state index contributed by atoms with van der Waals surface area (Å²) >= 11 is 0. The fourth-order valence-corrected chi connectivity index (χ4v) is 3.21. The summed E-state index contributed by atoms with van der Waals surface area (Å²) in [4.78, 5) is -0.259. The fourth-order valence-electron chi connectivity index (χ4n) is 2.17. The number of ether oxygens (including phenoxy) is 4. The van der Waals surface area contributed by atoms with Crippen LogP contribution in [-0.2, 0) is 10.0 Å². The Hall–Kier alpha value is -2.82. The van der Waals surface area contributed by atoms with Crippen LogP contribution in [0.5, 0.6) is 23.0 Å². The van der Waals surface area contributed by atoms with E-state index < -0.39 is 22.1 Å². The lowest BCUT2D eigenvalue weighted by Crippen LogP contribution is -2.17. The van der Waals surface area contributed by atoms with Crippen LogP contribution in [0.25, 0.3) is 0 Å². The molecule has 27 heavy (non-hydrogen) atoms. The topological polar surface area (TPSA) is 83.1 Å². The molecule has 2 aromatic carbocycles. The van der Waals surface area contributed by atoms with Gasteiger partial charge in [-0.15, -0.1) is 13.2 Å². The van der Waals surface area contributed by atoms with E-state index in [1.807, 2.05) is 0 Å². The van der Waals surface area contributed by atoms with Crippen molar-refractivity contribution in [2.75, 3.05) is 26.1 Å². The molecule has 0 aromatic heterocycles. The second-order valence-electron chi connectivity index (χ2n) is 5.04. The maximum Gasteiger partial charge on any atom is 0.573 e. The molecule has 7 nitrogen and oxygen atoms in total. The van der Waals surface area contributed by atoms with Gasteiger partial charge in [0, 0.05) is 12.1 Å². The van der Waals surface area contributed by atoms with Crippen LogP contribution < -0.4 is 23.7 Å². The molecule has 2 aromatic rings. The Kier molecular flexibility index (Phi) is 5.94. The number of hydrogen-bond donors (Lipinski definition) is 1. The van der Waals surface area contributed by atoms with Gasteiger partial charge in [0.2, 0.25) is 5.75 Å². The molecule has 0 amide bonds. The van der Waals surface area contributed by atoms with Gasteiger partial charge in [-0.3, -0.25) is 4.72 Å². The first kappa shape index (κ1) is 20.5. The SMILES string of the molecule is COc1cc(NS(=O)(=O)c2ccc(OC(F)(F)F)cc2)cc(OC)c1OC. The second-order valence-corrected chi connectivity index (χ2v) is 6.72. The molecule has 0 spiro atoms. The summed E-state index contributed by atoms with van der Waals surface area (Å²) < 4.78 is 82.9. The maximum atomic E-state index is 12.5. The minimum atomic E-state index is -4.87.